The maximum absolute atomic E-state index is 11.9. The zero-order valence-corrected chi connectivity index (χ0v) is 12.6. The molecule has 6 heteroatoms. The summed E-state index contributed by atoms with van der Waals surface area (Å²) in [5, 5.41) is 0. The largest absolute Gasteiger partial charge is 0.465 e. The Labute approximate surface area is 123 Å². The van der Waals surface area contributed by atoms with Crippen LogP contribution in [0.5, 0.6) is 0 Å². The number of hydrogen-bond acceptors (Lipinski definition) is 6. The van der Waals surface area contributed by atoms with E-state index in [4.69, 9.17) is 9.47 Å². The van der Waals surface area contributed by atoms with Crippen molar-refractivity contribution in [3.05, 3.63) is 34.4 Å². The van der Waals surface area contributed by atoms with E-state index in [1.807, 2.05) is 0 Å². The Hall–Kier alpha value is -2.37. The molecule has 0 N–H and O–H groups in total. The molecule has 1 aliphatic rings. The van der Waals surface area contributed by atoms with Crippen LogP contribution in [0.4, 0.5) is 0 Å². The second kappa shape index (κ2) is 6.88. The molecule has 0 atom stereocenters. The van der Waals surface area contributed by atoms with Crippen molar-refractivity contribution in [1.29, 1.82) is 0 Å². The van der Waals surface area contributed by atoms with Crippen LogP contribution in [-0.2, 0) is 28.6 Å². The van der Waals surface area contributed by atoms with Crippen molar-refractivity contribution in [2.45, 2.75) is 20.8 Å². The van der Waals surface area contributed by atoms with E-state index < -0.39 is 17.9 Å². The predicted molar refractivity (Wildman–Crippen MR) is 74.1 cm³/mol. The molecule has 21 heavy (non-hydrogen) atoms. The Morgan fingerprint density at radius 3 is 1.90 bits per heavy atom. The monoisotopic (exact) mass is 294 g/mol. The van der Waals surface area contributed by atoms with Gasteiger partial charge in [-0.3, -0.25) is 0 Å². The molecule has 0 saturated heterocycles. The smallest absolute Gasteiger partial charge is 0.339 e. The fraction of sp³-hybridized carbons (Fsp3) is 0.400. The normalized spacial score (nSPS) is 13.5. The highest BCUT2D eigenvalue weighted by Crippen LogP contribution is 2.36. The predicted octanol–water partition coefficient (Wildman–Crippen LogP) is 1.47. The quantitative estimate of drug-likeness (QED) is 0.319. The SMILES string of the molecule is C=C(C)C(=O)OCCOC(=O)C1=C(C(=O)OC)C(C)=C1C. The van der Waals surface area contributed by atoms with Crippen molar-refractivity contribution in [3.63, 3.8) is 0 Å². The van der Waals surface area contributed by atoms with Crippen LogP contribution in [0.3, 0.4) is 0 Å². The Bertz CT molecular complexity index is 565. The van der Waals surface area contributed by atoms with Crippen LogP contribution in [0.25, 0.3) is 0 Å². The van der Waals surface area contributed by atoms with Crippen molar-refractivity contribution >= 4 is 17.9 Å². The van der Waals surface area contributed by atoms with Crippen LogP contribution < -0.4 is 0 Å². The number of rotatable bonds is 6. The van der Waals surface area contributed by atoms with Gasteiger partial charge in [0.1, 0.15) is 13.2 Å². The molecule has 0 aromatic carbocycles. The standard InChI is InChI=1S/C15H18O6/c1-8(2)13(16)20-6-7-21-15(18)12-10(4)9(3)11(12)14(17)19-5/h1,6-7H2,2-5H3. The van der Waals surface area contributed by atoms with Gasteiger partial charge in [0.15, 0.2) is 0 Å². The molecule has 0 fully saturated rings. The van der Waals surface area contributed by atoms with Gasteiger partial charge in [-0.05, 0) is 31.9 Å². The number of methoxy groups -OCH3 is 1. The van der Waals surface area contributed by atoms with Crippen LogP contribution in [-0.4, -0.2) is 38.2 Å². The molecule has 0 aliphatic heterocycles. The van der Waals surface area contributed by atoms with Gasteiger partial charge in [0.2, 0.25) is 0 Å². The summed E-state index contributed by atoms with van der Waals surface area (Å²) in [5.41, 5.74) is 2.12. The second-order valence-electron chi connectivity index (χ2n) is 4.54. The average Bonchev–Trinajstić information content (AvgIpc) is 2.46. The molecule has 0 amide bonds. The molecule has 0 aromatic rings. The average molecular weight is 294 g/mol. The first-order valence-electron chi connectivity index (χ1n) is 6.31. The van der Waals surface area contributed by atoms with Crippen molar-refractivity contribution in [2.24, 2.45) is 0 Å². The summed E-state index contributed by atoms with van der Waals surface area (Å²) in [4.78, 5) is 34.6. The minimum Gasteiger partial charge on any atom is -0.465 e. The summed E-state index contributed by atoms with van der Waals surface area (Å²) in [6.45, 7) is 8.24. The van der Waals surface area contributed by atoms with Crippen LogP contribution in [0.2, 0.25) is 0 Å². The molecule has 0 aromatic heterocycles. The van der Waals surface area contributed by atoms with E-state index in [1.54, 1.807) is 13.8 Å². The maximum Gasteiger partial charge on any atom is 0.339 e. The van der Waals surface area contributed by atoms with Crippen LogP contribution in [0.15, 0.2) is 34.4 Å². The maximum atomic E-state index is 11.9. The molecule has 6 nitrogen and oxygen atoms in total. The first-order valence-corrected chi connectivity index (χ1v) is 6.31. The van der Waals surface area contributed by atoms with Gasteiger partial charge in [0, 0.05) is 5.57 Å². The molecular formula is C15H18O6. The molecule has 0 saturated carbocycles. The fourth-order valence-electron chi connectivity index (χ4n) is 1.76. The van der Waals surface area contributed by atoms with Crippen molar-refractivity contribution in [2.75, 3.05) is 20.3 Å². The van der Waals surface area contributed by atoms with Gasteiger partial charge in [0.25, 0.3) is 0 Å². The van der Waals surface area contributed by atoms with Gasteiger partial charge in [-0.1, -0.05) is 6.58 Å². The van der Waals surface area contributed by atoms with Crippen LogP contribution >= 0.6 is 0 Å². The Kier molecular flexibility index (Phi) is 5.46. The lowest BCUT2D eigenvalue weighted by Gasteiger charge is -2.24. The zero-order valence-electron chi connectivity index (χ0n) is 12.6. The van der Waals surface area contributed by atoms with E-state index in [1.165, 1.54) is 14.0 Å². The lowest BCUT2D eigenvalue weighted by molar-refractivity contribution is -0.147. The van der Waals surface area contributed by atoms with E-state index in [2.05, 4.69) is 11.3 Å². The molecule has 0 spiro atoms. The molecule has 1 aliphatic carbocycles. The van der Waals surface area contributed by atoms with Gasteiger partial charge in [-0.15, -0.1) is 0 Å². The summed E-state index contributed by atoms with van der Waals surface area (Å²) in [7, 11) is 1.25. The lowest BCUT2D eigenvalue weighted by Crippen LogP contribution is -2.25. The van der Waals surface area contributed by atoms with E-state index >= 15 is 0 Å². The third kappa shape index (κ3) is 3.59. The second-order valence-corrected chi connectivity index (χ2v) is 4.54. The zero-order chi connectivity index (χ0) is 16.2. The molecule has 0 bridgehead atoms. The number of ether oxygens (including phenoxy) is 3. The van der Waals surface area contributed by atoms with Gasteiger partial charge in [-0.25, -0.2) is 14.4 Å². The fourth-order valence-corrected chi connectivity index (χ4v) is 1.76. The first kappa shape index (κ1) is 16.7. The minimum atomic E-state index is -0.634. The van der Waals surface area contributed by atoms with E-state index in [9.17, 15) is 14.4 Å². The van der Waals surface area contributed by atoms with E-state index in [-0.39, 0.29) is 29.9 Å². The molecule has 0 radical (unpaired) electrons. The highest BCUT2D eigenvalue weighted by Gasteiger charge is 2.34. The Balaban J connectivity index is 2.56. The highest BCUT2D eigenvalue weighted by atomic mass is 16.6. The lowest BCUT2D eigenvalue weighted by atomic mass is 9.82. The summed E-state index contributed by atoms with van der Waals surface area (Å²) in [5.74, 6) is -1.75. The summed E-state index contributed by atoms with van der Waals surface area (Å²) in [6, 6.07) is 0. The topological polar surface area (TPSA) is 78.9 Å². The summed E-state index contributed by atoms with van der Waals surface area (Å²) >= 11 is 0. The van der Waals surface area contributed by atoms with Crippen molar-refractivity contribution in [1.82, 2.24) is 0 Å². The van der Waals surface area contributed by atoms with E-state index in [0.29, 0.717) is 11.1 Å². The van der Waals surface area contributed by atoms with Gasteiger partial charge in [-0.2, -0.15) is 0 Å². The Morgan fingerprint density at radius 2 is 1.43 bits per heavy atom. The number of esters is 3. The van der Waals surface area contributed by atoms with Gasteiger partial charge in [0.05, 0.1) is 18.3 Å². The van der Waals surface area contributed by atoms with E-state index in [0.717, 1.165) is 0 Å². The van der Waals surface area contributed by atoms with Gasteiger partial charge >= 0.3 is 17.9 Å². The number of carbonyl (C=O) groups excluding carboxylic acids is 3. The summed E-state index contributed by atoms with van der Waals surface area (Å²) < 4.78 is 14.4. The molecular weight excluding hydrogens is 276 g/mol. The van der Waals surface area contributed by atoms with Crippen molar-refractivity contribution < 1.29 is 28.6 Å². The van der Waals surface area contributed by atoms with Crippen LogP contribution in [0, 0.1) is 0 Å². The van der Waals surface area contributed by atoms with Gasteiger partial charge < -0.3 is 14.2 Å². The first-order chi connectivity index (χ1) is 9.81. The minimum absolute atomic E-state index is 0.0694. The summed E-state index contributed by atoms with van der Waals surface area (Å²) in [6.07, 6.45) is 0. The third-order valence-corrected chi connectivity index (χ3v) is 3.05. The third-order valence-electron chi connectivity index (χ3n) is 3.05. The Morgan fingerprint density at radius 1 is 0.952 bits per heavy atom. The number of hydrogen-bond donors (Lipinski definition) is 0. The molecule has 1 rings (SSSR count). The molecule has 0 heterocycles. The van der Waals surface area contributed by atoms with Crippen LogP contribution in [0.1, 0.15) is 20.8 Å². The van der Waals surface area contributed by atoms with Crippen molar-refractivity contribution in [3.8, 4) is 0 Å². The number of carbonyl (C=O) groups is 3. The highest BCUT2D eigenvalue weighted by molar-refractivity contribution is 6.10. The molecule has 0 unspecified atom stereocenters. The molecule has 114 valence electrons.